The van der Waals surface area contributed by atoms with Gasteiger partial charge in [0.1, 0.15) is 5.15 Å². The minimum Gasteiger partial charge on any atom is -0.369 e. The average molecular weight is 253 g/mol. The van der Waals surface area contributed by atoms with Gasteiger partial charge in [0.25, 0.3) is 0 Å². The van der Waals surface area contributed by atoms with E-state index < -0.39 is 0 Å². The van der Waals surface area contributed by atoms with Gasteiger partial charge in [-0.2, -0.15) is 0 Å². The normalized spacial score (nSPS) is 18.9. The fourth-order valence-corrected chi connectivity index (χ4v) is 2.75. The van der Waals surface area contributed by atoms with Crippen molar-refractivity contribution in [2.75, 3.05) is 0 Å². The van der Waals surface area contributed by atoms with Crippen molar-refractivity contribution in [3.05, 3.63) is 29.0 Å². The van der Waals surface area contributed by atoms with Crippen molar-refractivity contribution >= 4 is 17.5 Å². The molecule has 0 radical (unpaired) electrons. The first-order valence-electron chi connectivity index (χ1n) is 6.03. The summed E-state index contributed by atoms with van der Waals surface area (Å²) in [5, 5.41) is 0.477. The van der Waals surface area contributed by atoms with Gasteiger partial charge in [-0.05, 0) is 30.9 Å². The summed E-state index contributed by atoms with van der Waals surface area (Å²) in [5.74, 6) is -0.174. The third-order valence-electron chi connectivity index (χ3n) is 3.66. The van der Waals surface area contributed by atoms with Crippen LogP contribution in [0.3, 0.4) is 0 Å². The summed E-state index contributed by atoms with van der Waals surface area (Å²) in [6.45, 7) is 0. The molecule has 1 aliphatic rings. The molecular formula is C13H17ClN2O. The van der Waals surface area contributed by atoms with Crippen LogP contribution in [0.25, 0.3) is 0 Å². The quantitative estimate of drug-likeness (QED) is 0.841. The number of nitrogens with zero attached hydrogens (tertiary/aromatic N) is 1. The Morgan fingerprint density at radius 3 is 2.59 bits per heavy atom. The first-order chi connectivity index (χ1) is 8.12. The standard InChI is InChI=1S/C13H17ClN2O/c14-11-5-4-10(9-16-11)8-13(12(15)17)6-2-1-3-7-13/h4-5,9H,1-3,6-8H2,(H2,15,17). The third kappa shape index (κ3) is 2.78. The summed E-state index contributed by atoms with van der Waals surface area (Å²) in [6.07, 6.45) is 7.59. The van der Waals surface area contributed by atoms with Gasteiger partial charge in [-0.1, -0.05) is 36.9 Å². The second-order valence-electron chi connectivity index (χ2n) is 4.87. The van der Waals surface area contributed by atoms with E-state index in [0.29, 0.717) is 11.6 Å². The smallest absolute Gasteiger partial charge is 0.223 e. The zero-order valence-corrected chi connectivity index (χ0v) is 10.5. The maximum Gasteiger partial charge on any atom is 0.223 e. The third-order valence-corrected chi connectivity index (χ3v) is 3.89. The summed E-state index contributed by atoms with van der Waals surface area (Å²) in [5.41, 5.74) is 6.26. The first-order valence-corrected chi connectivity index (χ1v) is 6.41. The molecule has 4 heteroatoms. The van der Waals surface area contributed by atoms with Crippen molar-refractivity contribution in [3.8, 4) is 0 Å². The van der Waals surface area contributed by atoms with Crippen LogP contribution in [0.2, 0.25) is 5.15 Å². The van der Waals surface area contributed by atoms with Gasteiger partial charge in [-0.3, -0.25) is 4.79 Å². The van der Waals surface area contributed by atoms with E-state index in [2.05, 4.69) is 4.98 Å². The Hall–Kier alpha value is -1.09. The molecule has 1 amide bonds. The van der Waals surface area contributed by atoms with Crippen molar-refractivity contribution < 1.29 is 4.79 Å². The summed E-state index contributed by atoms with van der Waals surface area (Å²) in [6, 6.07) is 3.68. The van der Waals surface area contributed by atoms with E-state index in [0.717, 1.165) is 31.2 Å². The minimum absolute atomic E-state index is 0.174. The van der Waals surface area contributed by atoms with Crippen molar-refractivity contribution in [1.29, 1.82) is 0 Å². The molecule has 0 atom stereocenters. The van der Waals surface area contributed by atoms with Crippen molar-refractivity contribution in [2.45, 2.75) is 38.5 Å². The number of carbonyl (C=O) groups excluding carboxylic acids is 1. The van der Waals surface area contributed by atoms with Crippen LogP contribution in [0.15, 0.2) is 18.3 Å². The van der Waals surface area contributed by atoms with E-state index in [1.807, 2.05) is 6.07 Å². The lowest BCUT2D eigenvalue weighted by Gasteiger charge is -2.34. The highest BCUT2D eigenvalue weighted by molar-refractivity contribution is 6.29. The van der Waals surface area contributed by atoms with Crippen molar-refractivity contribution in [3.63, 3.8) is 0 Å². The van der Waals surface area contributed by atoms with Crippen LogP contribution >= 0.6 is 11.6 Å². The molecular weight excluding hydrogens is 236 g/mol. The zero-order chi connectivity index (χ0) is 12.3. The van der Waals surface area contributed by atoms with Gasteiger partial charge >= 0.3 is 0 Å². The van der Waals surface area contributed by atoms with Gasteiger partial charge in [-0.15, -0.1) is 0 Å². The van der Waals surface area contributed by atoms with Gasteiger partial charge in [0.2, 0.25) is 5.91 Å². The topological polar surface area (TPSA) is 56.0 Å². The second kappa shape index (κ2) is 5.05. The molecule has 1 fully saturated rings. The number of rotatable bonds is 3. The Labute approximate surface area is 106 Å². The number of primary amides is 1. The summed E-state index contributed by atoms with van der Waals surface area (Å²) < 4.78 is 0. The monoisotopic (exact) mass is 252 g/mol. The highest BCUT2D eigenvalue weighted by Gasteiger charge is 2.37. The number of pyridine rings is 1. The molecule has 0 aliphatic heterocycles. The van der Waals surface area contributed by atoms with E-state index in [1.165, 1.54) is 6.42 Å². The molecule has 1 aliphatic carbocycles. The van der Waals surface area contributed by atoms with Gasteiger partial charge in [0.15, 0.2) is 0 Å². The number of carbonyl (C=O) groups is 1. The molecule has 1 aromatic heterocycles. The van der Waals surface area contributed by atoms with Crippen molar-refractivity contribution in [1.82, 2.24) is 4.98 Å². The molecule has 1 aromatic rings. The fraction of sp³-hybridized carbons (Fsp3) is 0.538. The van der Waals surface area contributed by atoms with E-state index in [-0.39, 0.29) is 11.3 Å². The van der Waals surface area contributed by atoms with Crippen LogP contribution in [0, 0.1) is 5.41 Å². The Bertz CT molecular complexity index is 396. The van der Waals surface area contributed by atoms with Crippen LogP contribution < -0.4 is 5.73 Å². The molecule has 0 saturated heterocycles. The Morgan fingerprint density at radius 2 is 2.06 bits per heavy atom. The lowest BCUT2D eigenvalue weighted by atomic mass is 9.70. The largest absolute Gasteiger partial charge is 0.369 e. The SMILES string of the molecule is NC(=O)C1(Cc2ccc(Cl)nc2)CCCCC1. The maximum atomic E-state index is 11.7. The molecule has 3 nitrogen and oxygen atoms in total. The van der Waals surface area contributed by atoms with E-state index in [9.17, 15) is 4.79 Å². The molecule has 0 bridgehead atoms. The average Bonchev–Trinajstić information content (AvgIpc) is 2.33. The Kier molecular flexibility index (Phi) is 3.67. The number of amides is 1. The van der Waals surface area contributed by atoms with Crippen LogP contribution in [-0.2, 0) is 11.2 Å². The zero-order valence-electron chi connectivity index (χ0n) is 9.79. The summed E-state index contributed by atoms with van der Waals surface area (Å²) in [4.78, 5) is 15.8. The molecule has 17 heavy (non-hydrogen) atoms. The number of hydrogen-bond donors (Lipinski definition) is 1. The molecule has 2 rings (SSSR count). The van der Waals surface area contributed by atoms with Gasteiger partial charge < -0.3 is 5.73 Å². The van der Waals surface area contributed by atoms with Crippen LogP contribution in [0.4, 0.5) is 0 Å². The predicted molar refractivity (Wildman–Crippen MR) is 67.7 cm³/mol. The van der Waals surface area contributed by atoms with Crippen LogP contribution in [-0.4, -0.2) is 10.9 Å². The van der Waals surface area contributed by atoms with Crippen LogP contribution in [0.5, 0.6) is 0 Å². The molecule has 0 spiro atoms. The lowest BCUT2D eigenvalue weighted by Crippen LogP contribution is -2.40. The van der Waals surface area contributed by atoms with Crippen LogP contribution in [0.1, 0.15) is 37.7 Å². The highest BCUT2D eigenvalue weighted by atomic mass is 35.5. The Morgan fingerprint density at radius 1 is 1.35 bits per heavy atom. The molecule has 92 valence electrons. The number of aromatic nitrogens is 1. The Balaban J connectivity index is 2.17. The van der Waals surface area contributed by atoms with Gasteiger partial charge in [0.05, 0.1) is 5.41 Å². The first kappa shape index (κ1) is 12.4. The molecule has 1 saturated carbocycles. The molecule has 0 aromatic carbocycles. The predicted octanol–water partition coefficient (Wildman–Crippen LogP) is 2.71. The lowest BCUT2D eigenvalue weighted by molar-refractivity contribution is -0.129. The highest BCUT2D eigenvalue weighted by Crippen LogP contribution is 2.38. The molecule has 2 N–H and O–H groups in total. The maximum absolute atomic E-state index is 11.7. The number of halogens is 1. The molecule has 1 heterocycles. The number of hydrogen-bond acceptors (Lipinski definition) is 2. The van der Waals surface area contributed by atoms with E-state index in [4.69, 9.17) is 17.3 Å². The summed E-state index contributed by atoms with van der Waals surface area (Å²) in [7, 11) is 0. The second-order valence-corrected chi connectivity index (χ2v) is 5.26. The minimum atomic E-state index is -0.367. The van der Waals surface area contributed by atoms with Gasteiger partial charge in [0, 0.05) is 6.20 Å². The number of nitrogens with two attached hydrogens (primary N) is 1. The summed E-state index contributed by atoms with van der Waals surface area (Å²) >= 11 is 5.75. The molecule has 0 unspecified atom stereocenters. The van der Waals surface area contributed by atoms with Crippen molar-refractivity contribution in [2.24, 2.45) is 11.1 Å². The van der Waals surface area contributed by atoms with E-state index >= 15 is 0 Å². The van der Waals surface area contributed by atoms with Gasteiger partial charge in [-0.25, -0.2) is 4.98 Å². The fourth-order valence-electron chi connectivity index (χ4n) is 2.64. The van der Waals surface area contributed by atoms with E-state index in [1.54, 1.807) is 12.3 Å².